The molecule has 1 aliphatic heterocycles. The van der Waals surface area contributed by atoms with Gasteiger partial charge in [0.15, 0.2) is 6.29 Å². The predicted octanol–water partition coefficient (Wildman–Crippen LogP) is 0.0982. The molecule has 0 amide bonds. The summed E-state index contributed by atoms with van der Waals surface area (Å²) in [5.41, 5.74) is 5.32. The molecular weight excluding hydrogens is 118 g/mol. The second-order valence-corrected chi connectivity index (χ2v) is 2.11. The van der Waals surface area contributed by atoms with E-state index in [2.05, 4.69) is 0 Å². The maximum absolute atomic E-state index is 5.32. The van der Waals surface area contributed by atoms with Crippen molar-refractivity contribution < 1.29 is 9.47 Å². The molecule has 0 aromatic rings. The van der Waals surface area contributed by atoms with Crippen molar-refractivity contribution in [3.63, 3.8) is 0 Å². The van der Waals surface area contributed by atoms with Gasteiger partial charge in [-0.1, -0.05) is 0 Å². The fourth-order valence-electron chi connectivity index (χ4n) is 0.818. The van der Waals surface area contributed by atoms with Crippen molar-refractivity contribution in [3.8, 4) is 0 Å². The zero-order chi connectivity index (χ0) is 6.53. The van der Waals surface area contributed by atoms with Crippen LogP contribution in [0.5, 0.6) is 0 Å². The van der Waals surface area contributed by atoms with E-state index in [1.54, 1.807) is 0 Å². The van der Waals surface area contributed by atoms with Crippen molar-refractivity contribution >= 4 is 0 Å². The Labute approximate surface area is 55.1 Å². The van der Waals surface area contributed by atoms with Crippen molar-refractivity contribution in [1.82, 2.24) is 0 Å². The van der Waals surface area contributed by atoms with Crippen molar-refractivity contribution in [2.24, 2.45) is 5.73 Å². The van der Waals surface area contributed by atoms with Gasteiger partial charge in [0, 0.05) is 19.8 Å². The van der Waals surface area contributed by atoms with Crippen LogP contribution in [0.15, 0.2) is 0 Å². The van der Waals surface area contributed by atoms with E-state index in [1.807, 2.05) is 0 Å². The Hall–Kier alpha value is -0.120. The number of nitrogens with two attached hydrogens (primary N) is 1. The molecule has 1 saturated heterocycles. The monoisotopic (exact) mass is 131 g/mol. The van der Waals surface area contributed by atoms with Gasteiger partial charge in [0.2, 0.25) is 0 Å². The molecule has 1 fully saturated rings. The zero-order valence-electron chi connectivity index (χ0n) is 5.51. The van der Waals surface area contributed by atoms with E-state index in [-0.39, 0.29) is 6.29 Å². The summed E-state index contributed by atoms with van der Waals surface area (Å²) in [6, 6.07) is 0. The van der Waals surface area contributed by atoms with E-state index >= 15 is 0 Å². The summed E-state index contributed by atoms with van der Waals surface area (Å²) in [5.74, 6) is 0. The van der Waals surface area contributed by atoms with Crippen LogP contribution in [0, 0.1) is 0 Å². The van der Waals surface area contributed by atoms with Gasteiger partial charge >= 0.3 is 0 Å². The van der Waals surface area contributed by atoms with Gasteiger partial charge in [-0.05, 0) is 12.8 Å². The molecule has 9 heavy (non-hydrogen) atoms. The van der Waals surface area contributed by atoms with E-state index in [4.69, 9.17) is 15.2 Å². The van der Waals surface area contributed by atoms with E-state index < -0.39 is 0 Å². The zero-order valence-corrected chi connectivity index (χ0v) is 5.51. The molecule has 0 radical (unpaired) electrons. The molecule has 1 aliphatic rings. The van der Waals surface area contributed by atoms with E-state index in [0.717, 1.165) is 26.1 Å². The molecule has 2 N–H and O–H groups in total. The molecule has 0 bridgehead atoms. The molecule has 0 spiro atoms. The average Bonchev–Trinajstić information content (AvgIpc) is 2.13. The van der Waals surface area contributed by atoms with Crippen LogP contribution in [0.1, 0.15) is 12.8 Å². The molecule has 1 heterocycles. The molecule has 0 atom stereocenters. The third kappa shape index (κ3) is 2.30. The van der Waals surface area contributed by atoms with Crippen molar-refractivity contribution in [2.45, 2.75) is 19.1 Å². The summed E-state index contributed by atoms with van der Waals surface area (Å²) in [4.78, 5) is 0. The first-order chi connectivity index (χ1) is 4.43. The summed E-state index contributed by atoms with van der Waals surface area (Å²) < 4.78 is 10.4. The van der Waals surface area contributed by atoms with Gasteiger partial charge < -0.3 is 15.2 Å². The largest absolute Gasteiger partial charge is 0.351 e. The molecule has 0 aliphatic carbocycles. The van der Waals surface area contributed by atoms with Crippen molar-refractivity contribution in [1.29, 1.82) is 0 Å². The van der Waals surface area contributed by atoms with Gasteiger partial charge in [-0.25, -0.2) is 0 Å². The number of hydrogen-bond donors (Lipinski definition) is 1. The Bertz CT molecular complexity index is 69.5. The lowest BCUT2D eigenvalue weighted by molar-refractivity contribution is -0.118. The van der Waals surface area contributed by atoms with Crippen molar-refractivity contribution in [2.75, 3.05) is 19.8 Å². The molecule has 0 unspecified atom stereocenters. The smallest absolute Gasteiger partial charge is 0.169 e. The van der Waals surface area contributed by atoms with Gasteiger partial charge in [-0.15, -0.1) is 0 Å². The van der Waals surface area contributed by atoms with Crippen LogP contribution in [0.4, 0.5) is 0 Å². The molecular formula is C6H13NO2. The number of rotatable bonds is 1. The summed E-state index contributed by atoms with van der Waals surface area (Å²) >= 11 is 0. The van der Waals surface area contributed by atoms with Crippen molar-refractivity contribution in [3.05, 3.63) is 0 Å². The first kappa shape index (κ1) is 6.99. The number of hydrogen-bond acceptors (Lipinski definition) is 3. The highest BCUT2D eigenvalue weighted by molar-refractivity contribution is 4.50. The first-order valence-electron chi connectivity index (χ1n) is 3.37. The summed E-state index contributed by atoms with van der Waals surface area (Å²) in [6.45, 7) is 2.06. The molecule has 0 saturated carbocycles. The lowest BCUT2D eigenvalue weighted by atomic mass is 10.3. The summed E-state index contributed by atoms with van der Waals surface area (Å²) in [6.07, 6.45) is 2.04. The third-order valence-corrected chi connectivity index (χ3v) is 1.34. The average molecular weight is 131 g/mol. The van der Waals surface area contributed by atoms with Crippen LogP contribution in [-0.2, 0) is 9.47 Å². The SMILES string of the molecule is NCC1OCCCCO1. The highest BCUT2D eigenvalue weighted by Gasteiger charge is 2.09. The van der Waals surface area contributed by atoms with Gasteiger partial charge in [0.1, 0.15) is 0 Å². The molecule has 3 heteroatoms. The second kappa shape index (κ2) is 3.82. The first-order valence-corrected chi connectivity index (χ1v) is 3.37. The standard InChI is InChI=1S/C6H13NO2/c7-5-6-8-3-1-2-4-9-6/h6H,1-5,7H2. The Balaban J connectivity index is 2.18. The van der Waals surface area contributed by atoms with E-state index in [0.29, 0.717) is 6.54 Å². The highest BCUT2D eigenvalue weighted by atomic mass is 16.7. The highest BCUT2D eigenvalue weighted by Crippen LogP contribution is 2.03. The van der Waals surface area contributed by atoms with Gasteiger partial charge in [-0.3, -0.25) is 0 Å². The Kier molecular flexibility index (Phi) is 2.97. The molecule has 3 nitrogen and oxygen atoms in total. The van der Waals surface area contributed by atoms with Crippen LogP contribution in [0.25, 0.3) is 0 Å². The lowest BCUT2D eigenvalue weighted by Gasteiger charge is -2.11. The van der Waals surface area contributed by atoms with Crippen LogP contribution in [0.3, 0.4) is 0 Å². The molecule has 54 valence electrons. The minimum Gasteiger partial charge on any atom is -0.351 e. The topological polar surface area (TPSA) is 44.5 Å². The molecule has 0 aromatic heterocycles. The number of ether oxygens (including phenoxy) is 2. The predicted molar refractivity (Wildman–Crippen MR) is 34.0 cm³/mol. The second-order valence-electron chi connectivity index (χ2n) is 2.11. The molecule has 0 aromatic carbocycles. The normalized spacial score (nSPS) is 23.7. The van der Waals surface area contributed by atoms with E-state index in [1.165, 1.54) is 0 Å². The van der Waals surface area contributed by atoms with Gasteiger partial charge in [0.25, 0.3) is 0 Å². The summed E-state index contributed by atoms with van der Waals surface area (Å²) in [7, 11) is 0. The lowest BCUT2D eigenvalue weighted by Crippen LogP contribution is -2.25. The third-order valence-electron chi connectivity index (χ3n) is 1.34. The maximum Gasteiger partial charge on any atom is 0.169 e. The van der Waals surface area contributed by atoms with Crippen LogP contribution < -0.4 is 5.73 Å². The maximum atomic E-state index is 5.32. The Morgan fingerprint density at radius 3 is 2.22 bits per heavy atom. The quantitative estimate of drug-likeness (QED) is 0.549. The van der Waals surface area contributed by atoms with Gasteiger partial charge in [-0.2, -0.15) is 0 Å². The fraction of sp³-hybridized carbons (Fsp3) is 1.00. The van der Waals surface area contributed by atoms with Crippen LogP contribution in [0.2, 0.25) is 0 Å². The van der Waals surface area contributed by atoms with Crippen LogP contribution >= 0.6 is 0 Å². The van der Waals surface area contributed by atoms with Crippen LogP contribution in [-0.4, -0.2) is 26.0 Å². The molecule has 1 rings (SSSR count). The summed E-state index contributed by atoms with van der Waals surface area (Å²) in [5, 5.41) is 0. The minimum absolute atomic E-state index is 0.146. The fourth-order valence-corrected chi connectivity index (χ4v) is 0.818. The Morgan fingerprint density at radius 1 is 1.22 bits per heavy atom. The minimum atomic E-state index is -0.146. The van der Waals surface area contributed by atoms with Gasteiger partial charge in [0.05, 0.1) is 0 Å². The van der Waals surface area contributed by atoms with E-state index in [9.17, 15) is 0 Å². The Morgan fingerprint density at radius 2 is 1.78 bits per heavy atom.